The van der Waals surface area contributed by atoms with E-state index in [0.29, 0.717) is 16.7 Å². The Balaban J connectivity index is 1.82. The Morgan fingerprint density at radius 2 is 1.29 bits per heavy atom. The van der Waals surface area contributed by atoms with E-state index in [-0.39, 0.29) is 6.42 Å². The predicted octanol–water partition coefficient (Wildman–Crippen LogP) is 4.65. The molecule has 4 nitrogen and oxygen atoms in total. The van der Waals surface area contributed by atoms with E-state index in [1.165, 1.54) is 12.1 Å². The minimum absolute atomic E-state index is 0.143. The molecule has 0 unspecified atom stereocenters. The zero-order valence-electron chi connectivity index (χ0n) is 16.3. The Morgan fingerprint density at radius 1 is 0.806 bits per heavy atom. The van der Waals surface area contributed by atoms with Gasteiger partial charge in [0.15, 0.2) is 0 Å². The Kier molecular flexibility index (Phi) is 6.74. The maximum atomic E-state index is 13.1. The minimum Gasteiger partial charge on any atom is -0.480 e. The zero-order valence-corrected chi connectivity index (χ0v) is 16.3. The van der Waals surface area contributed by atoms with Gasteiger partial charge in [-0.25, -0.2) is 4.79 Å². The van der Waals surface area contributed by atoms with Crippen LogP contribution in [0.2, 0.25) is 0 Å². The van der Waals surface area contributed by atoms with Crippen molar-refractivity contribution in [2.75, 3.05) is 0 Å². The van der Waals surface area contributed by atoms with Crippen molar-refractivity contribution in [2.45, 2.75) is 24.6 Å². The summed E-state index contributed by atoms with van der Waals surface area (Å²) >= 11 is 0. The summed E-state index contributed by atoms with van der Waals surface area (Å²) in [4.78, 5) is 24.9. The van der Waals surface area contributed by atoms with Gasteiger partial charge in [-0.15, -0.1) is 0 Å². The highest BCUT2D eigenvalue weighted by atomic mass is 19.4. The molecule has 3 aromatic carbocycles. The summed E-state index contributed by atoms with van der Waals surface area (Å²) in [5.74, 6) is -2.50. The van der Waals surface area contributed by atoms with Gasteiger partial charge in [0, 0.05) is 6.42 Å². The molecule has 0 bridgehead atoms. The van der Waals surface area contributed by atoms with Crippen molar-refractivity contribution in [3.8, 4) is 0 Å². The van der Waals surface area contributed by atoms with Crippen molar-refractivity contribution >= 4 is 11.9 Å². The molecular formula is C24H20F3NO3. The molecule has 0 aliphatic carbocycles. The summed E-state index contributed by atoms with van der Waals surface area (Å²) in [7, 11) is 0. The van der Waals surface area contributed by atoms with Crippen LogP contribution in [0.3, 0.4) is 0 Å². The highest BCUT2D eigenvalue weighted by Crippen LogP contribution is 2.29. The Hall–Kier alpha value is -3.61. The van der Waals surface area contributed by atoms with E-state index in [2.05, 4.69) is 5.32 Å². The summed E-state index contributed by atoms with van der Waals surface area (Å²) in [6, 6.07) is 20.8. The molecular weight excluding hydrogens is 407 g/mol. The van der Waals surface area contributed by atoms with Crippen LogP contribution in [-0.4, -0.2) is 23.0 Å². The van der Waals surface area contributed by atoms with Crippen molar-refractivity contribution < 1.29 is 27.9 Å². The second kappa shape index (κ2) is 9.47. The standard InChI is InChI=1S/C24H20F3NO3/c25-24(26,27)19-13-11-16(12-14-19)15-20(23(30)31)28-22(29)21(17-7-3-1-4-8-17)18-9-5-2-6-10-18/h1-14,20-21H,15H2,(H,28,29)(H,30,31)/t20-/m0/s1. The van der Waals surface area contributed by atoms with E-state index in [1.54, 1.807) is 48.5 Å². The van der Waals surface area contributed by atoms with E-state index in [4.69, 9.17) is 0 Å². The molecule has 160 valence electrons. The SMILES string of the molecule is O=C(N[C@@H](Cc1ccc(C(F)(F)F)cc1)C(=O)O)C(c1ccccc1)c1ccccc1. The van der Waals surface area contributed by atoms with Crippen molar-refractivity contribution in [3.63, 3.8) is 0 Å². The number of carbonyl (C=O) groups excluding carboxylic acids is 1. The summed E-state index contributed by atoms with van der Waals surface area (Å²) in [5.41, 5.74) is 0.951. The first-order valence-electron chi connectivity index (χ1n) is 9.55. The highest BCUT2D eigenvalue weighted by Gasteiger charge is 2.31. The molecule has 1 amide bonds. The molecule has 2 N–H and O–H groups in total. The molecule has 0 fully saturated rings. The Labute approximate surface area is 177 Å². The lowest BCUT2D eigenvalue weighted by Gasteiger charge is -2.21. The second-order valence-corrected chi connectivity index (χ2v) is 7.05. The van der Waals surface area contributed by atoms with Gasteiger partial charge in [0.2, 0.25) is 5.91 Å². The lowest BCUT2D eigenvalue weighted by Crippen LogP contribution is -2.44. The van der Waals surface area contributed by atoms with E-state index in [0.717, 1.165) is 12.1 Å². The largest absolute Gasteiger partial charge is 0.480 e. The van der Waals surface area contributed by atoms with Gasteiger partial charge in [-0.3, -0.25) is 4.79 Å². The third kappa shape index (κ3) is 5.72. The van der Waals surface area contributed by atoms with E-state index in [1.807, 2.05) is 12.1 Å². The smallest absolute Gasteiger partial charge is 0.416 e. The maximum absolute atomic E-state index is 13.1. The molecule has 0 saturated carbocycles. The van der Waals surface area contributed by atoms with E-state index in [9.17, 15) is 27.9 Å². The number of halogens is 3. The third-order valence-electron chi connectivity index (χ3n) is 4.86. The van der Waals surface area contributed by atoms with Gasteiger partial charge in [-0.2, -0.15) is 13.2 Å². The number of carboxylic acid groups (broad SMARTS) is 1. The number of hydrogen-bond acceptors (Lipinski definition) is 2. The van der Waals surface area contributed by atoms with E-state index < -0.39 is 35.6 Å². The number of amides is 1. The number of benzene rings is 3. The van der Waals surface area contributed by atoms with Gasteiger partial charge in [-0.05, 0) is 28.8 Å². The number of carbonyl (C=O) groups is 2. The fourth-order valence-corrected chi connectivity index (χ4v) is 3.31. The lowest BCUT2D eigenvalue weighted by atomic mass is 9.90. The van der Waals surface area contributed by atoms with Gasteiger partial charge >= 0.3 is 12.1 Å². The van der Waals surface area contributed by atoms with Crippen molar-refractivity contribution in [1.82, 2.24) is 5.32 Å². The number of rotatable bonds is 7. The summed E-state index contributed by atoms with van der Waals surface area (Å²) in [6.45, 7) is 0. The molecule has 0 aliphatic heterocycles. The topological polar surface area (TPSA) is 66.4 Å². The fourth-order valence-electron chi connectivity index (χ4n) is 3.31. The maximum Gasteiger partial charge on any atom is 0.416 e. The van der Waals surface area contributed by atoms with Gasteiger partial charge in [0.1, 0.15) is 6.04 Å². The number of carboxylic acids is 1. The van der Waals surface area contributed by atoms with Crippen LogP contribution in [-0.2, 0) is 22.2 Å². The quantitative estimate of drug-likeness (QED) is 0.577. The van der Waals surface area contributed by atoms with Crippen LogP contribution in [0.25, 0.3) is 0 Å². The van der Waals surface area contributed by atoms with Crippen molar-refractivity contribution in [3.05, 3.63) is 107 Å². The number of alkyl halides is 3. The van der Waals surface area contributed by atoms with E-state index >= 15 is 0 Å². The number of nitrogens with one attached hydrogen (secondary N) is 1. The van der Waals surface area contributed by atoms with Crippen LogP contribution in [0.4, 0.5) is 13.2 Å². The van der Waals surface area contributed by atoms with Crippen molar-refractivity contribution in [1.29, 1.82) is 0 Å². The first-order valence-corrected chi connectivity index (χ1v) is 9.55. The molecule has 0 spiro atoms. The monoisotopic (exact) mass is 427 g/mol. The van der Waals surface area contributed by atoms with Crippen molar-refractivity contribution in [2.24, 2.45) is 0 Å². The summed E-state index contributed by atoms with van der Waals surface area (Å²) < 4.78 is 38.2. The van der Waals surface area contributed by atoms with Gasteiger partial charge in [0.05, 0.1) is 11.5 Å². The van der Waals surface area contributed by atoms with Crippen LogP contribution in [0, 0.1) is 0 Å². The molecule has 3 aromatic rings. The van der Waals surface area contributed by atoms with Crippen LogP contribution in [0.1, 0.15) is 28.2 Å². The second-order valence-electron chi connectivity index (χ2n) is 7.05. The number of aliphatic carboxylic acids is 1. The zero-order chi connectivity index (χ0) is 22.4. The molecule has 3 rings (SSSR count). The normalized spacial score (nSPS) is 12.4. The summed E-state index contributed by atoms with van der Waals surface area (Å²) in [6.07, 6.45) is -4.62. The Bertz CT molecular complexity index is 980. The number of hydrogen-bond donors (Lipinski definition) is 2. The average Bonchev–Trinajstić information content (AvgIpc) is 2.75. The molecule has 0 aromatic heterocycles. The molecule has 1 atom stereocenters. The van der Waals surface area contributed by atoms with Crippen LogP contribution in [0.5, 0.6) is 0 Å². The van der Waals surface area contributed by atoms with Gasteiger partial charge < -0.3 is 10.4 Å². The minimum atomic E-state index is -4.47. The predicted molar refractivity (Wildman–Crippen MR) is 109 cm³/mol. The fraction of sp³-hybridized carbons (Fsp3) is 0.167. The van der Waals surface area contributed by atoms with Crippen LogP contribution in [0.15, 0.2) is 84.9 Å². The van der Waals surface area contributed by atoms with Gasteiger partial charge in [-0.1, -0.05) is 72.8 Å². The van der Waals surface area contributed by atoms with Crippen LogP contribution >= 0.6 is 0 Å². The molecule has 7 heteroatoms. The first-order chi connectivity index (χ1) is 14.8. The first kappa shape index (κ1) is 22.1. The molecule has 0 radical (unpaired) electrons. The molecule has 0 saturated heterocycles. The molecule has 0 heterocycles. The average molecular weight is 427 g/mol. The van der Waals surface area contributed by atoms with Crippen LogP contribution < -0.4 is 5.32 Å². The molecule has 0 aliphatic rings. The summed E-state index contributed by atoms with van der Waals surface area (Å²) in [5, 5.41) is 12.1. The highest BCUT2D eigenvalue weighted by molar-refractivity contribution is 5.90. The van der Waals surface area contributed by atoms with Gasteiger partial charge in [0.25, 0.3) is 0 Å². The Morgan fingerprint density at radius 3 is 1.71 bits per heavy atom. The third-order valence-corrected chi connectivity index (χ3v) is 4.86. The molecule has 31 heavy (non-hydrogen) atoms. The lowest BCUT2D eigenvalue weighted by molar-refractivity contribution is -0.142.